The molecule has 1 aliphatic heterocycles. The predicted octanol–water partition coefficient (Wildman–Crippen LogP) is 3.03. The molecule has 21 heavy (non-hydrogen) atoms. The zero-order valence-electron chi connectivity index (χ0n) is 12.5. The number of ketones is 1. The molecule has 1 aromatic rings. The molecule has 0 saturated heterocycles. The SMILES string of the molecule is CC1CC2=C(O1)c1ccc3c(c1C(=O)C2(C)O)CCCC3. The van der Waals surface area contributed by atoms with Crippen LogP contribution in [0.4, 0.5) is 0 Å². The number of hydrogen-bond acceptors (Lipinski definition) is 3. The van der Waals surface area contributed by atoms with Crippen LogP contribution in [0, 0.1) is 0 Å². The summed E-state index contributed by atoms with van der Waals surface area (Å²) in [5.41, 5.74) is 3.34. The molecule has 0 radical (unpaired) electrons. The van der Waals surface area contributed by atoms with Crippen molar-refractivity contribution in [2.75, 3.05) is 0 Å². The average Bonchev–Trinajstić information content (AvgIpc) is 2.87. The van der Waals surface area contributed by atoms with Crippen LogP contribution in [0.15, 0.2) is 17.7 Å². The van der Waals surface area contributed by atoms with Gasteiger partial charge < -0.3 is 9.84 Å². The lowest BCUT2D eigenvalue weighted by molar-refractivity contribution is 0.0538. The Bertz CT molecular complexity index is 682. The Morgan fingerprint density at radius 3 is 2.86 bits per heavy atom. The summed E-state index contributed by atoms with van der Waals surface area (Å²) in [4.78, 5) is 12.9. The molecule has 0 amide bonds. The predicted molar refractivity (Wildman–Crippen MR) is 80.1 cm³/mol. The van der Waals surface area contributed by atoms with E-state index in [1.807, 2.05) is 13.0 Å². The van der Waals surface area contributed by atoms with Gasteiger partial charge in [0.25, 0.3) is 0 Å². The van der Waals surface area contributed by atoms with Crippen LogP contribution in [0.2, 0.25) is 0 Å². The summed E-state index contributed by atoms with van der Waals surface area (Å²) in [5, 5.41) is 10.8. The lowest BCUT2D eigenvalue weighted by Crippen LogP contribution is -2.41. The Morgan fingerprint density at radius 1 is 1.29 bits per heavy atom. The number of carbonyl (C=O) groups excluding carboxylic acids is 1. The molecule has 2 atom stereocenters. The lowest BCUT2D eigenvalue weighted by Gasteiger charge is -2.32. The van der Waals surface area contributed by atoms with Gasteiger partial charge >= 0.3 is 0 Å². The van der Waals surface area contributed by atoms with Crippen molar-refractivity contribution in [3.05, 3.63) is 40.0 Å². The van der Waals surface area contributed by atoms with Gasteiger partial charge in [-0.15, -0.1) is 0 Å². The zero-order valence-corrected chi connectivity index (χ0v) is 12.5. The third-order valence-electron chi connectivity index (χ3n) is 5.12. The smallest absolute Gasteiger partial charge is 0.199 e. The van der Waals surface area contributed by atoms with Gasteiger partial charge in [0.15, 0.2) is 5.78 Å². The van der Waals surface area contributed by atoms with Crippen molar-refractivity contribution in [1.29, 1.82) is 0 Å². The fraction of sp³-hybridized carbons (Fsp3) is 0.500. The molecule has 1 heterocycles. The molecule has 0 aromatic heterocycles. The number of benzene rings is 1. The first kappa shape index (κ1) is 13.1. The van der Waals surface area contributed by atoms with Crippen molar-refractivity contribution in [3.8, 4) is 0 Å². The number of fused-ring (bicyclic) bond motifs is 4. The van der Waals surface area contributed by atoms with E-state index in [-0.39, 0.29) is 11.9 Å². The quantitative estimate of drug-likeness (QED) is 0.796. The first-order valence-corrected chi connectivity index (χ1v) is 7.82. The molecule has 3 heteroatoms. The lowest BCUT2D eigenvalue weighted by atomic mass is 9.73. The highest BCUT2D eigenvalue weighted by Gasteiger charge is 2.48. The summed E-state index contributed by atoms with van der Waals surface area (Å²) in [6, 6.07) is 4.15. The van der Waals surface area contributed by atoms with Crippen molar-refractivity contribution in [2.24, 2.45) is 0 Å². The highest BCUT2D eigenvalue weighted by Crippen LogP contribution is 2.46. The molecule has 0 bridgehead atoms. The Morgan fingerprint density at radius 2 is 2.05 bits per heavy atom. The van der Waals surface area contributed by atoms with E-state index in [0.29, 0.717) is 12.0 Å². The van der Waals surface area contributed by atoms with Gasteiger partial charge in [0.05, 0.1) is 6.10 Å². The van der Waals surface area contributed by atoms with Crippen LogP contribution in [-0.2, 0) is 17.6 Å². The van der Waals surface area contributed by atoms with Crippen LogP contribution < -0.4 is 0 Å². The van der Waals surface area contributed by atoms with E-state index in [1.165, 1.54) is 12.0 Å². The second kappa shape index (κ2) is 4.20. The first-order valence-electron chi connectivity index (χ1n) is 7.82. The number of hydrogen-bond donors (Lipinski definition) is 1. The minimum Gasteiger partial charge on any atom is -0.490 e. The average molecular weight is 284 g/mol. The molecular formula is C18H20O3. The molecule has 3 nitrogen and oxygen atoms in total. The fourth-order valence-corrected chi connectivity index (χ4v) is 4.00. The number of rotatable bonds is 0. The maximum atomic E-state index is 12.9. The van der Waals surface area contributed by atoms with Crippen molar-refractivity contribution in [1.82, 2.24) is 0 Å². The van der Waals surface area contributed by atoms with Gasteiger partial charge in [0.2, 0.25) is 0 Å². The number of aliphatic hydroxyl groups is 1. The summed E-state index contributed by atoms with van der Waals surface area (Å²) < 4.78 is 5.93. The van der Waals surface area contributed by atoms with E-state index >= 15 is 0 Å². The second-order valence-electron chi connectivity index (χ2n) is 6.67. The summed E-state index contributed by atoms with van der Waals surface area (Å²) in [6.45, 7) is 3.61. The third-order valence-corrected chi connectivity index (χ3v) is 5.12. The second-order valence-corrected chi connectivity index (χ2v) is 6.67. The van der Waals surface area contributed by atoms with E-state index in [1.54, 1.807) is 6.92 Å². The molecule has 1 N–H and O–H groups in total. The van der Waals surface area contributed by atoms with Gasteiger partial charge in [-0.2, -0.15) is 0 Å². The maximum Gasteiger partial charge on any atom is 0.199 e. The van der Waals surface area contributed by atoms with Gasteiger partial charge in [-0.3, -0.25) is 4.79 Å². The number of carbonyl (C=O) groups is 1. The molecule has 3 aliphatic rings. The summed E-state index contributed by atoms with van der Waals surface area (Å²) in [7, 11) is 0. The summed E-state index contributed by atoms with van der Waals surface area (Å²) >= 11 is 0. The Hall–Kier alpha value is -1.61. The van der Waals surface area contributed by atoms with E-state index in [4.69, 9.17) is 4.74 Å². The Labute approximate surface area is 124 Å². The van der Waals surface area contributed by atoms with Crippen LogP contribution in [-0.4, -0.2) is 22.6 Å². The van der Waals surface area contributed by atoms with Crippen molar-refractivity contribution in [2.45, 2.75) is 57.7 Å². The molecule has 0 saturated carbocycles. The number of aryl methyl sites for hydroxylation is 1. The van der Waals surface area contributed by atoms with Gasteiger partial charge in [-0.1, -0.05) is 12.1 Å². The summed E-state index contributed by atoms with van der Waals surface area (Å²) in [6.07, 6.45) is 4.90. The van der Waals surface area contributed by atoms with Gasteiger partial charge in [0.1, 0.15) is 11.4 Å². The van der Waals surface area contributed by atoms with Crippen LogP contribution in [0.5, 0.6) is 0 Å². The van der Waals surface area contributed by atoms with E-state index < -0.39 is 5.60 Å². The molecule has 2 aliphatic carbocycles. The van der Waals surface area contributed by atoms with Gasteiger partial charge in [-0.25, -0.2) is 0 Å². The van der Waals surface area contributed by atoms with E-state index in [0.717, 1.165) is 41.7 Å². The Balaban J connectivity index is 2.00. The minimum absolute atomic E-state index is 0.0243. The molecule has 1 aromatic carbocycles. The number of Topliss-reactive ketones (excluding diaryl/α,β-unsaturated/α-hetero) is 1. The molecule has 0 fully saturated rings. The monoisotopic (exact) mass is 284 g/mol. The number of ether oxygens (including phenoxy) is 1. The normalized spacial score (nSPS) is 30.6. The summed E-state index contributed by atoms with van der Waals surface area (Å²) in [5.74, 6) is 0.600. The highest BCUT2D eigenvalue weighted by atomic mass is 16.5. The van der Waals surface area contributed by atoms with Crippen LogP contribution in [0.1, 0.15) is 60.2 Å². The topological polar surface area (TPSA) is 46.5 Å². The Kier molecular flexibility index (Phi) is 2.62. The van der Waals surface area contributed by atoms with E-state index in [9.17, 15) is 9.90 Å². The van der Waals surface area contributed by atoms with Crippen LogP contribution >= 0.6 is 0 Å². The molecule has 0 spiro atoms. The molecule has 4 rings (SSSR count). The van der Waals surface area contributed by atoms with Crippen LogP contribution in [0.3, 0.4) is 0 Å². The third kappa shape index (κ3) is 1.67. The molecule has 110 valence electrons. The van der Waals surface area contributed by atoms with Crippen molar-refractivity contribution < 1.29 is 14.6 Å². The zero-order chi connectivity index (χ0) is 14.8. The van der Waals surface area contributed by atoms with E-state index in [2.05, 4.69) is 6.07 Å². The first-order chi connectivity index (χ1) is 10.00. The van der Waals surface area contributed by atoms with Gasteiger partial charge in [-0.05, 0) is 50.7 Å². The highest BCUT2D eigenvalue weighted by molar-refractivity contribution is 6.12. The largest absolute Gasteiger partial charge is 0.490 e. The van der Waals surface area contributed by atoms with Gasteiger partial charge in [0, 0.05) is 23.1 Å². The van der Waals surface area contributed by atoms with Crippen LogP contribution in [0.25, 0.3) is 5.76 Å². The fourth-order valence-electron chi connectivity index (χ4n) is 4.00. The molecule has 2 unspecified atom stereocenters. The minimum atomic E-state index is -1.42. The molecular weight excluding hydrogens is 264 g/mol. The van der Waals surface area contributed by atoms with Crippen molar-refractivity contribution >= 4 is 11.5 Å². The standard InChI is InChI=1S/C18H20O3/c1-10-9-14-16(21-10)13-8-7-11-5-3-4-6-12(11)15(13)17(19)18(14,2)20/h7-8,10,20H,3-6,9H2,1-2H3. The maximum absolute atomic E-state index is 12.9. The van der Waals surface area contributed by atoms with Crippen molar-refractivity contribution in [3.63, 3.8) is 0 Å².